The highest BCUT2D eigenvalue weighted by molar-refractivity contribution is 6.40. The summed E-state index contributed by atoms with van der Waals surface area (Å²) in [6.45, 7) is 7.18. The summed E-state index contributed by atoms with van der Waals surface area (Å²) in [7, 11) is 2.06. The summed E-state index contributed by atoms with van der Waals surface area (Å²) in [6.07, 6.45) is 3.00. The molecule has 35 heavy (non-hydrogen) atoms. The summed E-state index contributed by atoms with van der Waals surface area (Å²) >= 11 is 19.1. The Hall–Kier alpha value is -2.32. The first-order chi connectivity index (χ1) is 16.7. The second-order valence-electron chi connectivity index (χ2n) is 9.42. The van der Waals surface area contributed by atoms with Crippen LogP contribution in [0.15, 0.2) is 29.1 Å². The number of aromatic nitrogens is 5. The van der Waals surface area contributed by atoms with Crippen molar-refractivity contribution in [1.82, 2.24) is 29.2 Å². The standard InChI is InChI=1S/C25H27Cl3N6O/c1-14(2)22-21-24(34(31-22)23-18(27)10-15(26)11-19(23)28)29-20(30-25(21)35)12-16-6-7-17(32(16)3)13-33-8-4-5-9-33/h6-7,10-11,14H,4-5,8-9,12-13H2,1-3H3,(H,29,30,35). The van der Waals surface area contributed by atoms with E-state index in [1.54, 1.807) is 16.8 Å². The highest BCUT2D eigenvalue weighted by Gasteiger charge is 2.23. The number of H-pyrrole nitrogens is 1. The zero-order valence-corrected chi connectivity index (χ0v) is 22.2. The fraction of sp³-hybridized carbons (Fsp3) is 0.400. The number of benzene rings is 1. The fourth-order valence-corrected chi connectivity index (χ4v) is 5.73. The Morgan fingerprint density at radius 1 is 1.06 bits per heavy atom. The zero-order chi connectivity index (χ0) is 24.9. The van der Waals surface area contributed by atoms with Gasteiger partial charge in [0.25, 0.3) is 5.56 Å². The number of fused-ring (bicyclic) bond motifs is 1. The molecule has 0 spiro atoms. The van der Waals surface area contributed by atoms with Crippen LogP contribution in [0.4, 0.5) is 0 Å². The van der Waals surface area contributed by atoms with Gasteiger partial charge in [-0.15, -0.1) is 0 Å². The minimum Gasteiger partial charge on any atom is -0.350 e. The van der Waals surface area contributed by atoms with Crippen LogP contribution in [0.2, 0.25) is 15.1 Å². The first-order valence-corrected chi connectivity index (χ1v) is 12.9. The number of nitrogens with one attached hydrogen (secondary N) is 1. The molecule has 4 aromatic rings. The molecule has 1 aromatic carbocycles. The molecule has 1 N–H and O–H groups in total. The number of nitrogens with zero attached hydrogens (tertiary/aromatic N) is 5. The van der Waals surface area contributed by atoms with Gasteiger partial charge in [0.05, 0.1) is 15.7 Å². The van der Waals surface area contributed by atoms with Crippen LogP contribution < -0.4 is 5.56 Å². The van der Waals surface area contributed by atoms with Crippen molar-refractivity contribution in [3.8, 4) is 5.69 Å². The number of likely N-dealkylation sites (tertiary alicyclic amines) is 1. The fourth-order valence-electron chi connectivity index (χ4n) is 4.75. The Kier molecular flexibility index (Phi) is 6.70. The molecule has 1 saturated heterocycles. The minimum absolute atomic E-state index is 0.00151. The molecule has 7 nitrogen and oxygen atoms in total. The summed E-state index contributed by atoms with van der Waals surface area (Å²) in [5.41, 5.74) is 3.59. The van der Waals surface area contributed by atoms with Gasteiger partial charge in [-0.2, -0.15) is 5.10 Å². The van der Waals surface area contributed by atoms with Gasteiger partial charge < -0.3 is 9.55 Å². The lowest BCUT2D eigenvalue weighted by atomic mass is 10.1. The smallest absolute Gasteiger partial charge is 0.262 e. The van der Waals surface area contributed by atoms with Gasteiger partial charge in [0.15, 0.2) is 5.65 Å². The summed E-state index contributed by atoms with van der Waals surface area (Å²) in [4.78, 5) is 23.5. The van der Waals surface area contributed by atoms with E-state index in [4.69, 9.17) is 44.9 Å². The second-order valence-corrected chi connectivity index (χ2v) is 10.7. The van der Waals surface area contributed by atoms with Crippen molar-refractivity contribution in [3.05, 3.63) is 72.6 Å². The molecular formula is C25H27Cl3N6O. The highest BCUT2D eigenvalue weighted by Crippen LogP contribution is 2.34. The van der Waals surface area contributed by atoms with Crippen LogP contribution in [0.5, 0.6) is 0 Å². The van der Waals surface area contributed by atoms with E-state index in [2.05, 4.69) is 33.6 Å². The molecule has 10 heteroatoms. The van der Waals surface area contributed by atoms with Crippen molar-refractivity contribution in [1.29, 1.82) is 0 Å². The van der Waals surface area contributed by atoms with Crippen molar-refractivity contribution in [2.75, 3.05) is 13.1 Å². The van der Waals surface area contributed by atoms with E-state index in [-0.39, 0.29) is 11.5 Å². The van der Waals surface area contributed by atoms with Gasteiger partial charge in [0, 0.05) is 36.4 Å². The SMILES string of the molecule is CC(C)c1nn(-c2c(Cl)cc(Cl)cc2Cl)c2nc(Cc3ccc(CN4CCCC4)n3C)[nH]c(=O)c12. The Morgan fingerprint density at radius 3 is 2.37 bits per heavy atom. The molecule has 0 atom stereocenters. The monoisotopic (exact) mass is 532 g/mol. The molecule has 5 rings (SSSR count). The summed E-state index contributed by atoms with van der Waals surface area (Å²) in [6, 6.07) is 7.46. The molecule has 184 valence electrons. The number of halogens is 3. The summed E-state index contributed by atoms with van der Waals surface area (Å²) < 4.78 is 3.75. The third kappa shape index (κ3) is 4.62. The molecular weight excluding hydrogens is 507 g/mol. The van der Waals surface area contributed by atoms with Gasteiger partial charge in [-0.05, 0) is 56.1 Å². The highest BCUT2D eigenvalue weighted by atomic mass is 35.5. The third-order valence-corrected chi connectivity index (χ3v) is 7.41. The first kappa shape index (κ1) is 24.4. The van der Waals surface area contributed by atoms with E-state index in [0.717, 1.165) is 25.3 Å². The molecule has 0 aliphatic carbocycles. The largest absolute Gasteiger partial charge is 0.350 e. The second kappa shape index (κ2) is 9.62. The average molecular weight is 534 g/mol. The molecule has 0 unspecified atom stereocenters. The number of rotatable bonds is 6. The molecule has 1 aliphatic rings. The zero-order valence-electron chi connectivity index (χ0n) is 19.9. The molecule has 0 amide bonds. The Morgan fingerprint density at radius 2 is 1.71 bits per heavy atom. The molecule has 1 fully saturated rings. The lowest BCUT2D eigenvalue weighted by molar-refractivity contribution is 0.323. The molecule has 0 bridgehead atoms. The van der Waals surface area contributed by atoms with Gasteiger partial charge >= 0.3 is 0 Å². The van der Waals surface area contributed by atoms with Crippen LogP contribution in [0, 0.1) is 0 Å². The van der Waals surface area contributed by atoms with E-state index in [9.17, 15) is 4.79 Å². The maximum atomic E-state index is 13.3. The van der Waals surface area contributed by atoms with Crippen molar-refractivity contribution in [3.63, 3.8) is 0 Å². The quantitative estimate of drug-likeness (QED) is 0.344. The van der Waals surface area contributed by atoms with E-state index >= 15 is 0 Å². The van der Waals surface area contributed by atoms with Crippen LogP contribution in [0.3, 0.4) is 0 Å². The van der Waals surface area contributed by atoms with Crippen LogP contribution >= 0.6 is 34.8 Å². The van der Waals surface area contributed by atoms with Crippen molar-refractivity contribution < 1.29 is 0 Å². The van der Waals surface area contributed by atoms with Crippen molar-refractivity contribution in [2.45, 2.75) is 45.6 Å². The van der Waals surface area contributed by atoms with Gasteiger partial charge in [-0.1, -0.05) is 48.7 Å². The summed E-state index contributed by atoms with van der Waals surface area (Å²) in [5, 5.41) is 6.23. The van der Waals surface area contributed by atoms with Crippen molar-refractivity contribution >= 4 is 45.8 Å². The van der Waals surface area contributed by atoms with Gasteiger partial charge in [-0.3, -0.25) is 9.69 Å². The maximum Gasteiger partial charge on any atom is 0.262 e. The van der Waals surface area contributed by atoms with Crippen LogP contribution in [-0.4, -0.2) is 42.3 Å². The lowest BCUT2D eigenvalue weighted by Crippen LogP contribution is -2.20. The molecule has 4 heterocycles. The molecule has 1 aliphatic heterocycles. The Balaban J connectivity index is 1.59. The molecule has 3 aromatic heterocycles. The van der Waals surface area contributed by atoms with E-state index in [0.29, 0.717) is 49.7 Å². The normalized spacial score (nSPS) is 14.6. The lowest BCUT2D eigenvalue weighted by Gasteiger charge is -2.16. The minimum atomic E-state index is -0.229. The summed E-state index contributed by atoms with van der Waals surface area (Å²) in [5.74, 6) is 0.549. The molecule has 0 saturated carbocycles. The maximum absolute atomic E-state index is 13.3. The Bertz CT molecular complexity index is 1440. The first-order valence-electron chi connectivity index (χ1n) is 11.8. The predicted molar refractivity (Wildman–Crippen MR) is 141 cm³/mol. The van der Waals surface area contributed by atoms with Crippen LogP contribution in [0.1, 0.15) is 55.5 Å². The predicted octanol–water partition coefficient (Wildman–Crippen LogP) is 5.72. The Labute approximate surface area is 218 Å². The van der Waals surface area contributed by atoms with Crippen LogP contribution in [-0.2, 0) is 20.0 Å². The van der Waals surface area contributed by atoms with E-state index < -0.39 is 0 Å². The van der Waals surface area contributed by atoms with E-state index in [1.807, 2.05) is 13.8 Å². The van der Waals surface area contributed by atoms with Crippen LogP contribution in [0.25, 0.3) is 16.7 Å². The average Bonchev–Trinajstić information content (AvgIpc) is 3.50. The van der Waals surface area contributed by atoms with Gasteiger partial charge in [0.1, 0.15) is 16.9 Å². The van der Waals surface area contributed by atoms with Crippen molar-refractivity contribution in [2.24, 2.45) is 7.05 Å². The van der Waals surface area contributed by atoms with E-state index in [1.165, 1.54) is 18.5 Å². The molecule has 0 radical (unpaired) electrons. The number of hydrogen-bond donors (Lipinski definition) is 1. The van der Waals surface area contributed by atoms with Gasteiger partial charge in [0.2, 0.25) is 0 Å². The van der Waals surface area contributed by atoms with Gasteiger partial charge in [-0.25, -0.2) is 9.67 Å². The number of hydrogen-bond acceptors (Lipinski definition) is 4. The topological polar surface area (TPSA) is 71.7 Å². The number of aromatic amines is 1. The third-order valence-electron chi connectivity index (χ3n) is 6.62.